The highest BCUT2D eigenvalue weighted by molar-refractivity contribution is 8.00. The molecule has 2 rings (SSSR count). The number of thioether (sulfide) groups is 1. The van der Waals surface area contributed by atoms with Crippen molar-refractivity contribution in [1.29, 1.82) is 0 Å². The van der Waals surface area contributed by atoms with E-state index in [4.69, 9.17) is 5.73 Å². The highest BCUT2D eigenvalue weighted by atomic mass is 32.2. The van der Waals surface area contributed by atoms with Crippen LogP contribution in [0.25, 0.3) is 0 Å². The van der Waals surface area contributed by atoms with Gasteiger partial charge in [0.1, 0.15) is 0 Å². The van der Waals surface area contributed by atoms with Crippen LogP contribution in [0.15, 0.2) is 24.3 Å². The minimum atomic E-state index is -0.124. The Bertz CT molecular complexity index is 504. The van der Waals surface area contributed by atoms with Crippen molar-refractivity contribution >= 4 is 29.0 Å². The number of hydrogen-bond acceptors (Lipinski definition) is 4. The molecule has 1 unspecified atom stereocenters. The highest BCUT2D eigenvalue weighted by Gasteiger charge is 2.28. The van der Waals surface area contributed by atoms with Crippen molar-refractivity contribution in [3.63, 3.8) is 0 Å². The lowest BCUT2D eigenvalue weighted by molar-refractivity contribution is -0.120. The van der Waals surface area contributed by atoms with Crippen molar-refractivity contribution in [2.45, 2.75) is 38.0 Å². The third-order valence-corrected chi connectivity index (χ3v) is 5.33. The molecule has 21 heavy (non-hydrogen) atoms. The second kappa shape index (κ2) is 6.71. The number of nitrogens with zero attached hydrogens (tertiary/aromatic N) is 1. The standard InChI is InChI=1S/C16H25N3OS/c1-12(19-8-7-16(2,3)21-10-9-19)15(20)18-14-6-4-5-13(17)11-14/h4-6,11-12H,7-10,17H2,1-3H3,(H,18,20). The molecule has 116 valence electrons. The van der Waals surface area contributed by atoms with Crippen molar-refractivity contribution < 1.29 is 4.79 Å². The third kappa shape index (κ3) is 4.64. The minimum absolute atomic E-state index is 0.0327. The number of anilines is 2. The summed E-state index contributed by atoms with van der Waals surface area (Å²) < 4.78 is 0.304. The Kier molecular flexibility index (Phi) is 5.17. The molecular weight excluding hydrogens is 282 g/mol. The highest BCUT2D eigenvalue weighted by Crippen LogP contribution is 2.31. The molecule has 0 aliphatic carbocycles. The summed E-state index contributed by atoms with van der Waals surface area (Å²) in [5.41, 5.74) is 7.16. The number of amides is 1. The third-order valence-electron chi connectivity index (χ3n) is 3.95. The molecule has 1 aliphatic rings. The van der Waals surface area contributed by atoms with Gasteiger partial charge in [0.25, 0.3) is 0 Å². The predicted molar refractivity (Wildman–Crippen MR) is 91.7 cm³/mol. The lowest BCUT2D eigenvalue weighted by Crippen LogP contribution is -2.43. The molecule has 0 bridgehead atoms. The molecule has 0 saturated carbocycles. The summed E-state index contributed by atoms with van der Waals surface area (Å²) in [6, 6.07) is 7.18. The lowest BCUT2D eigenvalue weighted by atomic mass is 10.1. The fourth-order valence-electron chi connectivity index (χ4n) is 2.45. The van der Waals surface area contributed by atoms with Crippen molar-refractivity contribution in [2.75, 3.05) is 29.9 Å². The average Bonchev–Trinajstić information content (AvgIpc) is 2.59. The van der Waals surface area contributed by atoms with Crippen LogP contribution in [-0.4, -0.2) is 40.4 Å². The first kappa shape index (κ1) is 16.2. The van der Waals surface area contributed by atoms with Gasteiger partial charge >= 0.3 is 0 Å². The summed E-state index contributed by atoms with van der Waals surface area (Å²) in [5.74, 6) is 1.11. The Morgan fingerprint density at radius 1 is 1.43 bits per heavy atom. The van der Waals surface area contributed by atoms with Gasteiger partial charge in [0, 0.05) is 35.0 Å². The van der Waals surface area contributed by atoms with E-state index in [0.717, 1.165) is 31.0 Å². The van der Waals surface area contributed by atoms with Gasteiger partial charge in [0.2, 0.25) is 5.91 Å². The normalized spacial score (nSPS) is 20.5. The zero-order chi connectivity index (χ0) is 15.5. The molecule has 1 fully saturated rings. The summed E-state index contributed by atoms with van der Waals surface area (Å²) >= 11 is 1.99. The average molecular weight is 307 g/mol. The molecule has 4 nitrogen and oxygen atoms in total. The van der Waals surface area contributed by atoms with Crippen LogP contribution >= 0.6 is 11.8 Å². The lowest BCUT2D eigenvalue weighted by Gasteiger charge is -2.27. The molecule has 0 aromatic heterocycles. The molecule has 1 aromatic carbocycles. The van der Waals surface area contributed by atoms with E-state index >= 15 is 0 Å². The van der Waals surface area contributed by atoms with E-state index in [1.54, 1.807) is 6.07 Å². The first-order valence-corrected chi connectivity index (χ1v) is 8.40. The second-order valence-electron chi connectivity index (χ2n) is 6.18. The summed E-state index contributed by atoms with van der Waals surface area (Å²) in [7, 11) is 0. The van der Waals surface area contributed by atoms with Gasteiger partial charge in [-0.1, -0.05) is 19.9 Å². The van der Waals surface area contributed by atoms with Crippen LogP contribution in [0.5, 0.6) is 0 Å². The molecule has 1 atom stereocenters. The van der Waals surface area contributed by atoms with Gasteiger partial charge in [-0.2, -0.15) is 11.8 Å². The number of rotatable bonds is 3. The van der Waals surface area contributed by atoms with Gasteiger partial charge in [-0.15, -0.1) is 0 Å². The van der Waals surface area contributed by atoms with Crippen LogP contribution in [0.1, 0.15) is 27.2 Å². The fraction of sp³-hybridized carbons (Fsp3) is 0.562. The van der Waals surface area contributed by atoms with E-state index in [2.05, 4.69) is 24.1 Å². The molecule has 1 heterocycles. The minimum Gasteiger partial charge on any atom is -0.399 e. The van der Waals surface area contributed by atoms with Crippen LogP contribution in [0.3, 0.4) is 0 Å². The first-order chi connectivity index (χ1) is 9.87. The van der Waals surface area contributed by atoms with Gasteiger partial charge in [0.05, 0.1) is 6.04 Å². The molecule has 1 aliphatic heterocycles. The largest absolute Gasteiger partial charge is 0.399 e. The fourth-order valence-corrected chi connectivity index (χ4v) is 3.57. The Balaban J connectivity index is 1.96. The van der Waals surface area contributed by atoms with Gasteiger partial charge in [-0.25, -0.2) is 0 Å². The van der Waals surface area contributed by atoms with Crippen LogP contribution in [0, 0.1) is 0 Å². The Morgan fingerprint density at radius 3 is 2.90 bits per heavy atom. The van der Waals surface area contributed by atoms with E-state index in [1.807, 2.05) is 36.9 Å². The number of carbonyl (C=O) groups is 1. The number of nitrogens with one attached hydrogen (secondary N) is 1. The van der Waals surface area contributed by atoms with E-state index in [9.17, 15) is 4.79 Å². The number of hydrogen-bond donors (Lipinski definition) is 2. The SMILES string of the molecule is CC(C(=O)Nc1cccc(N)c1)N1CCSC(C)(C)CC1. The molecule has 3 N–H and O–H groups in total. The van der Waals surface area contributed by atoms with E-state index in [0.29, 0.717) is 10.4 Å². The molecule has 0 spiro atoms. The van der Waals surface area contributed by atoms with Crippen molar-refractivity contribution in [3.05, 3.63) is 24.3 Å². The van der Waals surface area contributed by atoms with E-state index < -0.39 is 0 Å². The quantitative estimate of drug-likeness (QED) is 0.843. The first-order valence-electron chi connectivity index (χ1n) is 7.42. The smallest absolute Gasteiger partial charge is 0.241 e. The van der Waals surface area contributed by atoms with Crippen molar-refractivity contribution in [2.24, 2.45) is 0 Å². The van der Waals surface area contributed by atoms with Crippen LogP contribution in [-0.2, 0) is 4.79 Å². The molecule has 1 aromatic rings. The molecule has 0 radical (unpaired) electrons. The molecular formula is C16H25N3OS. The predicted octanol–water partition coefficient (Wildman–Crippen LogP) is 2.81. The van der Waals surface area contributed by atoms with Crippen LogP contribution in [0.2, 0.25) is 0 Å². The summed E-state index contributed by atoms with van der Waals surface area (Å²) in [6.45, 7) is 8.45. The van der Waals surface area contributed by atoms with E-state index in [1.165, 1.54) is 0 Å². The number of nitrogens with two attached hydrogens (primary N) is 1. The van der Waals surface area contributed by atoms with Crippen LogP contribution in [0.4, 0.5) is 11.4 Å². The second-order valence-corrected chi connectivity index (χ2v) is 7.99. The maximum atomic E-state index is 12.4. The Labute approximate surface area is 131 Å². The topological polar surface area (TPSA) is 58.4 Å². The Morgan fingerprint density at radius 2 is 2.19 bits per heavy atom. The number of carbonyl (C=O) groups excluding carboxylic acids is 1. The maximum Gasteiger partial charge on any atom is 0.241 e. The molecule has 5 heteroatoms. The van der Waals surface area contributed by atoms with Gasteiger partial charge in [0.15, 0.2) is 0 Å². The molecule has 1 saturated heterocycles. The summed E-state index contributed by atoms with van der Waals surface area (Å²) in [4.78, 5) is 14.7. The van der Waals surface area contributed by atoms with Gasteiger partial charge < -0.3 is 11.1 Å². The monoisotopic (exact) mass is 307 g/mol. The van der Waals surface area contributed by atoms with Gasteiger partial charge in [-0.3, -0.25) is 9.69 Å². The van der Waals surface area contributed by atoms with Crippen molar-refractivity contribution in [3.8, 4) is 0 Å². The van der Waals surface area contributed by atoms with Gasteiger partial charge in [-0.05, 0) is 31.5 Å². The zero-order valence-corrected chi connectivity index (χ0v) is 13.9. The van der Waals surface area contributed by atoms with Crippen molar-refractivity contribution in [1.82, 2.24) is 4.90 Å². The van der Waals surface area contributed by atoms with E-state index in [-0.39, 0.29) is 11.9 Å². The Hall–Kier alpha value is -1.20. The molecule has 1 amide bonds. The zero-order valence-electron chi connectivity index (χ0n) is 13.1. The number of benzene rings is 1. The van der Waals surface area contributed by atoms with Crippen LogP contribution < -0.4 is 11.1 Å². The maximum absolute atomic E-state index is 12.4. The summed E-state index contributed by atoms with van der Waals surface area (Å²) in [6.07, 6.45) is 1.10. The number of nitrogen functional groups attached to an aromatic ring is 1. The summed E-state index contributed by atoms with van der Waals surface area (Å²) in [5, 5.41) is 2.95.